The number of phenolic OH excluding ortho intramolecular Hbond substituents is 1. The predicted molar refractivity (Wildman–Crippen MR) is 109 cm³/mol. The van der Waals surface area contributed by atoms with Crippen molar-refractivity contribution in [1.82, 2.24) is 15.2 Å². The minimum absolute atomic E-state index is 0.0649. The molecule has 0 unspecified atom stereocenters. The average Bonchev–Trinajstić information content (AvgIpc) is 2.71. The lowest BCUT2D eigenvalue weighted by atomic mass is 10.2. The van der Waals surface area contributed by atoms with Crippen LogP contribution in [0.3, 0.4) is 0 Å². The Morgan fingerprint density at radius 2 is 1.86 bits per heavy atom. The van der Waals surface area contributed by atoms with Crippen molar-refractivity contribution in [3.63, 3.8) is 0 Å². The van der Waals surface area contributed by atoms with Gasteiger partial charge >= 0.3 is 0 Å². The van der Waals surface area contributed by atoms with E-state index in [-0.39, 0.29) is 11.7 Å². The molecule has 2 N–H and O–H groups in total. The Morgan fingerprint density at radius 3 is 2.57 bits per heavy atom. The van der Waals surface area contributed by atoms with Gasteiger partial charge < -0.3 is 9.84 Å². The number of benzene rings is 2. The summed E-state index contributed by atoms with van der Waals surface area (Å²) in [6.45, 7) is 4.88. The van der Waals surface area contributed by atoms with E-state index < -0.39 is 0 Å². The fourth-order valence-electron chi connectivity index (χ4n) is 3.14. The van der Waals surface area contributed by atoms with Crippen molar-refractivity contribution in [2.75, 3.05) is 39.8 Å². The summed E-state index contributed by atoms with van der Waals surface area (Å²) in [6, 6.07) is 15.3. The zero-order valence-corrected chi connectivity index (χ0v) is 16.0. The lowest BCUT2D eigenvalue weighted by Crippen LogP contribution is -2.48. The average molecular weight is 382 g/mol. The molecule has 1 aliphatic rings. The van der Waals surface area contributed by atoms with Crippen LogP contribution in [0, 0.1) is 0 Å². The molecule has 0 radical (unpaired) electrons. The van der Waals surface area contributed by atoms with E-state index in [1.807, 2.05) is 6.07 Å². The molecule has 0 bridgehead atoms. The van der Waals surface area contributed by atoms with Crippen LogP contribution in [0.5, 0.6) is 11.5 Å². The summed E-state index contributed by atoms with van der Waals surface area (Å²) in [6.07, 6.45) is 1.53. The van der Waals surface area contributed by atoms with Crippen LogP contribution in [0.25, 0.3) is 0 Å². The first kappa shape index (κ1) is 19.9. The van der Waals surface area contributed by atoms with Crippen LogP contribution in [-0.4, -0.2) is 66.9 Å². The molecule has 1 saturated heterocycles. The number of phenols is 1. The van der Waals surface area contributed by atoms with Gasteiger partial charge in [-0.3, -0.25) is 14.6 Å². The summed E-state index contributed by atoms with van der Waals surface area (Å²) in [7, 11) is 1.48. The standard InChI is InChI=1S/C21H26N4O3/c1-28-20-13-18(7-8-19(20)26)14-22-23-21(27)16-25-11-9-24(10-12-25)15-17-5-3-2-4-6-17/h2-8,13-14,26H,9-12,15-16H2,1H3,(H,23,27)/b22-14-. The van der Waals surface area contributed by atoms with Crippen LogP contribution in [0.1, 0.15) is 11.1 Å². The Bertz CT molecular complexity index is 803. The molecule has 7 nitrogen and oxygen atoms in total. The number of amides is 1. The van der Waals surface area contributed by atoms with Gasteiger partial charge in [0.25, 0.3) is 5.91 Å². The highest BCUT2D eigenvalue weighted by Crippen LogP contribution is 2.25. The number of nitrogens with zero attached hydrogens (tertiary/aromatic N) is 3. The molecule has 0 aromatic heterocycles. The van der Waals surface area contributed by atoms with Gasteiger partial charge in [0, 0.05) is 32.7 Å². The summed E-state index contributed by atoms with van der Waals surface area (Å²) < 4.78 is 5.05. The Balaban J connectivity index is 1.40. The summed E-state index contributed by atoms with van der Waals surface area (Å²) in [4.78, 5) is 16.6. The lowest BCUT2D eigenvalue weighted by molar-refractivity contribution is -0.122. The number of piperazine rings is 1. The highest BCUT2D eigenvalue weighted by molar-refractivity contribution is 5.83. The van der Waals surface area contributed by atoms with Crippen molar-refractivity contribution in [3.05, 3.63) is 59.7 Å². The number of nitrogens with one attached hydrogen (secondary N) is 1. The van der Waals surface area contributed by atoms with Gasteiger partial charge in [-0.05, 0) is 29.3 Å². The van der Waals surface area contributed by atoms with Gasteiger partial charge in [0.05, 0.1) is 19.9 Å². The van der Waals surface area contributed by atoms with E-state index in [0.29, 0.717) is 12.3 Å². The van der Waals surface area contributed by atoms with Gasteiger partial charge in [-0.25, -0.2) is 5.43 Å². The first-order chi connectivity index (χ1) is 13.6. The number of rotatable bonds is 7. The molecular formula is C21H26N4O3. The Labute approximate surface area is 165 Å². The van der Waals surface area contributed by atoms with Gasteiger partial charge in [0.15, 0.2) is 11.5 Å². The minimum Gasteiger partial charge on any atom is -0.504 e. The first-order valence-corrected chi connectivity index (χ1v) is 9.31. The fraction of sp³-hybridized carbons (Fsp3) is 0.333. The molecule has 148 valence electrons. The number of carbonyl (C=O) groups excluding carboxylic acids is 1. The molecule has 1 fully saturated rings. The van der Waals surface area contributed by atoms with Gasteiger partial charge in [-0.15, -0.1) is 0 Å². The number of carbonyl (C=O) groups is 1. The van der Waals surface area contributed by atoms with Crippen LogP contribution in [0.4, 0.5) is 0 Å². The lowest BCUT2D eigenvalue weighted by Gasteiger charge is -2.34. The zero-order chi connectivity index (χ0) is 19.8. The summed E-state index contributed by atoms with van der Waals surface area (Å²) in [5.74, 6) is 0.289. The number of hydrazone groups is 1. The summed E-state index contributed by atoms with van der Waals surface area (Å²) in [5, 5.41) is 13.6. The van der Waals surface area contributed by atoms with Gasteiger partial charge in [-0.1, -0.05) is 30.3 Å². The molecule has 0 aliphatic carbocycles. The van der Waals surface area contributed by atoms with Crippen molar-refractivity contribution in [1.29, 1.82) is 0 Å². The molecule has 2 aromatic rings. The van der Waals surface area contributed by atoms with Crippen LogP contribution >= 0.6 is 0 Å². The SMILES string of the molecule is COc1cc(/C=N\NC(=O)CN2CCN(Cc3ccccc3)CC2)ccc1O. The van der Waals surface area contributed by atoms with Crippen LogP contribution in [0.2, 0.25) is 0 Å². The molecule has 0 saturated carbocycles. The Hall–Kier alpha value is -2.90. The molecule has 1 aliphatic heterocycles. The van der Waals surface area contributed by atoms with Crippen molar-refractivity contribution in [2.45, 2.75) is 6.54 Å². The largest absolute Gasteiger partial charge is 0.504 e. The van der Waals surface area contributed by atoms with Crippen LogP contribution in [0.15, 0.2) is 53.6 Å². The van der Waals surface area contributed by atoms with E-state index >= 15 is 0 Å². The molecule has 0 spiro atoms. The monoisotopic (exact) mass is 382 g/mol. The van der Waals surface area contributed by atoms with Gasteiger partial charge in [-0.2, -0.15) is 5.10 Å². The predicted octanol–water partition coefficient (Wildman–Crippen LogP) is 1.67. The number of aromatic hydroxyl groups is 1. The molecule has 1 heterocycles. The topological polar surface area (TPSA) is 77.4 Å². The van der Waals surface area contributed by atoms with E-state index in [0.717, 1.165) is 38.3 Å². The highest BCUT2D eigenvalue weighted by Gasteiger charge is 2.18. The molecular weight excluding hydrogens is 356 g/mol. The van der Waals surface area contributed by atoms with Crippen molar-refractivity contribution in [3.8, 4) is 11.5 Å². The number of ether oxygens (including phenoxy) is 1. The van der Waals surface area contributed by atoms with Crippen molar-refractivity contribution in [2.24, 2.45) is 5.10 Å². The molecule has 28 heavy (non-hydrogen) atoms. The second-order valence-electron chi connectivity index (χ2n) is 6.76. The third-order valence-electron chi connectivity index (χ3n) is 4.69. The van der Waals surface area contributed by atoms with Gasteiger partial charge in [0.1, 0.15) is 0 Å². The van der Waals surface area contributed by atoms with Crippen molar-refractivity contribution >= 4 is 12.1 Å². The third-order valence-corrected chi connectivity index (χ3v) is 4.69. The molecule has 2 aromatic carbocycles. The van der Waals surface area contributed by atoms with E-state index in [9.17, 15) is 9.90 Å². The number of hydrogen-bond donors (Lipinski definition) is 2. The summed E-state index contributed by atoms with van der Waals surface area (Å²) in [5.41, 5.74) is 4.59. The van der Waals surface area contributed by atoms with Crippen molar-refractivity contribution < 1.29 is 14.6 Å². The molecule has 3 rings (SSSR count). The maximum Gasteiger partial charge on any atom is 0.254 e. The molecule has 1 amide bonds. The number of methoxy groups -OCH3 is 1. The van der Waals surface area contributed by atoms with Crippen LogP contribution < -0.4 is 10.2 Å². The Morgan fingerprint density at radius 1 is 1.14 bits per heavy atom. The third kappa shape index (κ3) is 5.80. The van der Waals surface area contributed by atoms with Gasteiger partial charge in [0.2, 0.25) is 0 Å². The maximum atomic E-state index is 12.1. The van der Waals surface area contributed by atoms with E-state index in [1.165, 1.54) is 25.0 Å². The second-order valence-corrected chi connectivity index (χ2v) is 6.76. The highest BCUT2D eigenvalue weighted by atomic mass is 16.5. The fourth-order valence-corrected chi connectivity index (χ4v) is 3.14. The maximum absolute atomic E-state index is 12.1. The normalized spacial score (nSPS) is 15.6. The Kier molecular flexibility index (Phi) is 7.00. The quantitative estimate of drug-likeness (QED) is 0.563. The zero-order valence-electron chi connectivity index (χ0n) is 16.0. The smallest absolute Gasteiger partial charge is 0.254 e. The van der Waals surface area contributed by atoms with Crippen LogP contribution in [-0.2, 0) is 11.3 Å². The number of hydrogen-bond acceptors (Lipinski definition) is 6. The first-order valence-electron chi connectivity index (χ1n) is 9.31. The molecule has 0 atom stereocenters. The minimum atomic E-state index is -0.140. The molecule has 7 heteroatoms. The van der Waals surface area contributed by atoms with E-state index in [2.05, 4.69) is 44.6 Å². The van der Waals surface area contributed by atoms with E-state index in [1.54, 1.807) is 12.1 Å². The summed E-state index contributed by atoms with van der Waals surface area (Å²) >= 11 is 0. The van der Waals surface area contributed by atoms with E-state index in [4.69, 9.17) is 4.74 Å². The second kappa shape index (κ2) is 9.87.